The first-order chi connectivity index (χ1) is 15.7. The van der Waals surface area contributed by atoms with Gasteiger partial charge < -0.3 is 45.2 Å². The van der Waals surface area contributed by atoms with Crippen LogP contribution in [-0.2, 0) is 17.6 Å². The Morgan fingerprint density at radius 3 is 2.39 bits per heavy atom. The van der Waals surface area contributed by atoms with Crippen LogP contribution in [0.25, 0.3) is 0 Å². The van der Waals surface area contributed by atoms with E-state index in [9.17, 15) is 35.7 Å². The number of hydrogen-bond acceptors (Lipinski definition) is 10. The third-order valence-corrected chi connectivity index (χ3v) is 6.41. The Kier molecular flexibility index (Phi) is 6.66. The highest BCUT2D eigenvalue weighted by Gasteiger charge is 2.45. The molecule has 2 aromatic carbocycles. The molecule has 0 spiro atoms. The smallest absolute Gasteiger partial charge is 0.229 e. The second kappa shape index (κ2) is 9.34. The number of fused-ring (bicyclic) bond motifs is 1. The van der Waals surface area contributed by atoms with Gasteiger partial charge in [0.25, 0.3) is 0 Å². The maximum absolute atomic E-state index is 10.5. The molecule has 2 heterocycles. The van der Waals surface area contributed by atoms with Crippen LogP contribution in [0, 0.1) is 0 Å². The molecule has 2 aromatic rings. The lowest BCUT2D eigenvalue weighted by molar-refractivity contribution is -0.277. The van der Waals surface area contributed by atoms with Crippen LogP contribution >= 0.6 is 0 Å². The van der Waals surface area contributed by atoms with Crippen molar-refractivity contribution in [2.45, 2.75) is 49.6 Å². The molecule has 0 amide bonds. The zero-order valence-electron chi connectivity index (χ0n) is 18.1. The molecule has 6 atom stereocenters. The summed E-state index contributed by atoms with van der Waals surface area (Å²) in [6.07, 6.45) is -5.93. The van der Waals surface area contributed by atoms with Gasteiger partial charge in [0, 0.05) is 12.6 Å². The molecule has 0 bridgehead atoms. The highest BCUT2D eigenvalue weighted by atomic mass is 16.7. The second-order valence-corrected chi connectivity index (χ2v) is 8.61. The van der Waals surface area contributed by atoms with Crippen molar-refractivity contribution in [2.24, 2.45) is 0 Å². The average Bonchev–Trinajstić information content (AvgIpc) is 2.79. The minimum absolute atomic E-state index is 0.00282. The predicted octanol–water partition coefficient (Wildman–Crippen LogP) is -0.246. The van der Waals surface area contributed by atoms with E-state index < -0.39 is 37.3 Å². The van der Waals surface area contributed by atoms with E-state index in [2.05, 4.69) is 4.90 Å². The minimum Gasteiger partial charge on any atom is -0.504 e. The topological polar surface area (TPSA) is 163 Å². The second-order valence-electron chi connectivity index (χ2n) is 8.61. The van der Waals surface area contributed by atoms with Crippen molar-refractivity contribution < 1.29 is 45.2 Å². The Balaban J connectivity index is 1.51. The third-order valence-electron chi connectivity index (χ3n) is 6.41. The number of aliphatic hydroxyl groups is 4. The summed E-state index contributed by atoms with van der Waals surface area (Å²) in [6.45, 7) is 0.186. The highest BCUT2D eigenvalue weighted by molar-refractivity contribution is 5.49. The first-order valence-corrected chi connectivity index (χ1v) is 10.7. The molecule has 0 saturated carbocycles. The minimum atomic E-state index is -1.58. The Labute approximate surface area is 190 Å². The van der Waals surface area contributed by atoms with Crippen molar-refractivity contribution in [3.63, 3.8) is 0 Å². The SMILES string of the molecule is CN1CCc2cc(O)c(O)cc2C1Cc1ccc(O[C@@H]2O[C@H](CO)[C@@H](O)[C@H](O)[C@H]2O)c(O)c1. The number of nitrogens with zero attached hydrogens (tertiary/aromatic N) is 1. The highest BCUT2D eigenvalue weighted by Crippen LogP contribution is 2.39. The quantitative estimate of drug-likeness (QED) is 0.294. The number of phenolic OH excluding ortho intramolecular Hbond substituents is 3. The molecule has 0 aromatic heterocycles. The van der Waals surface area contributed by atoms with E-state index in [1.165, 1.54) is 12.1 Å². The van der Waals surface area contributed by atoms with Crippen LogP contribution < -0.4 is 4.74 Å². The standard InChI is InChI=1S/C23H29NO9/c1-24-5-4-12-8-15(26)16(27)9-13(12)14(24)6-11-2-3-18(17(28)7-11)32-23-22(31)21(30)20(29)19(10-25)33-23/h2-3,7-9,14,19-23,25-31H,4-6,10H2,1H3/t14?,19-,20-,21+,22-,23-/m1/s1. The molecule has 1 saturated heterocycles. The maximum atomic E-state index is 10.5. The zero-order chi connectivity index (χ0) is 23.9. The fourth-order valence-electron chi connectivity index (χ4n) is 4.42. The number of hydrogen-bond donors (Lipinski definition) is 7. The van der Waals surface area contributed by atoms with Crippen molar-refractivity contribution in [1.82, 2.24) is 4.90 Å². The fourth-order valence-corrected chi connectivity index (χ4v) is 4.42. The molecule has 1 fully saturated rings. The lowest BCUT2D eigenvalue weighted by Crippen LogP contribution is -2.60. The fraction of sp³-hybridized carbons (Fsp3) is 0.478. The summed E-state index contributed by atoms with van der Waals surface area (Å²) in [6, 6.07) is 7.82. The van der Waals surface area contributed by atoms with Gasteiger partial charge in [0.15, 0.2) is 23.0 Å². The van der Waals surface area contributed by atoms with E-state index in [1.807, 2.05) is 7.05 Å². The maximum Gasteiger partial charge on any atom is 0.229 e. The Bertz CT molecular complexity index is 998. The molecule has 1 unspecified atom stereocenters. The van der Waals surface area contributed by atoms with Crippen molar-refractivity contribution in [3.8, 4) is 23.0 Å². The third kappa shape index (κ3) is 4.58. The lowest BCUT2D eigenvalue weighted by Gasteiger charge is -2.39. The molecule has 2 aliphatic heterocycles. The molecule has 2 aliphatic rings. The summed E-state index contributed by atoms with van der Waals surface area (Å²) >= 11 is 0. The van der Waals surface area contributed by atoms with E-state index in [0.717, 1.165) is 29.7 Å². The van der Waals surface area contributed by atoms with Gasteiger partial charge in [0.05, 0.1) is 6.61 Å². The van der Waals surface area contributed by atoms with Crippen LogP contribution in [0.4, 0.5) is 0 Å². The van der Waals surface area contributed by atoms with Gasteiger partial charge in [-0.05, 0) is 60.8 Å². The van der Waals surface area contributed by atoms with Crippen LogP contribution in [0.1, 0.15) is 22.7 Å². The summed E-state index contributed by atoms with van der Waals surface area (Å²) in [5.41, 5.74) is 2.64. The molecule has 10 heteroatoms. The van der Waals surface area contributed by atoms with Gasteiger partial charge in [-0.25, -0.2) is 0 Å². The van der Waals surface area contributed by atoms with E-state index in [-0.39, 0.29) is 29.0 Å². The summed E-state index contributed by atoms with van der Waals surface area (Å²) in [7, 11) is 1.97. The zero-order valence-corrected chi connectivity index (χ0v) is 18.1. The van der Waals surface area contributed by atoms with Gasteiger partial charge in [-0.15, -0.1) is 0 Å². The molecule has 4 rings (SSSR count). The van der Waals surface area contributed by atoms with Gasteiger partial charge in [-0.1, -0.05) is 6.07 Å². The summed E-state index contributed by atoms with van der Waals surface area (Å²) in [5, 5.41) is 69.5. The lowest BCUT2D eigenvalue weighted by atomic mass is 9.88. The first-order valence-electron chi connectivity index (χ1n) is 10.7. The Hall–Kier alpha value is -2.60. The number of ether oxygens (including phenoxy) is 2. The number of phenols is 3. The first kappa shape index (κ1) is 23.6. The number of rotatable bonds is 5. The van der Waals surface area contributed by atoms with Gasteiger partial charge in [-0.3, -0.25) is 4.90 Å². The van der Waals surface area contributed by atoms with Gasteiger partial charge in [0.2, 0.25) is 6.29 Å². The van der Waals surface area contributed by atoms with Crippen molar-refractivity contribution in [1.29, 1.82) is 0 Å². The number of aliphatic hydroxyl groups excluding tert-OH is 4. The summed E-state index contributed by atoms with van der Waals surface area (Å²) in [5.74, 6) is -0.538. The van der Waals surface area contributed by atoms with Crippen LogP contribution in [0.15, 0.2) is 30.3 Å². The molecular formula is C23H29NO9. The number of aromatic hydroxyl groups is 3. The monoisotopic (exact) mass is 463 g/mol. The largest absolute Gasteiger partial charge is 0.504 e. The molecule has 7 N–H and O–H groups in total. The summed E-state index contributed by atoms with van der Waals surface area (Å²) < 4.78 is 10.8. The van der Waals surface area contributed by atoms with Crippen molar-refractivity contribution >= 4 is 0 Å². The Morgan fingerprint density at radius 2 is 1.70 bits per heavy atom. The van der Waals surface area contributed by atoms with Crippen LogP contribution in [0.3, 0.4) is 0 Å². The molecule has 0 aliphatic carbocycles. The van der Waals surface area contributed by atoms with Crippen molar-refractivity contribution in [3.05, 3.63) is 47.0 Å². The van der Waals surface area contributed by atoms with Crippen LogP contribution in [0.5, 0.6) is 23.0 Å². The van der Waals surface area contributed by atoms with E-state index in [0.29, 0.717) is 6.42 Å². The average molecular weight is 463 g/mol. The molecule has 180 valence electrons. The molecule has 0 radical (unpaired) electrons. The Morgan fingerprint density at radius 1 is 0.970 bits per heavy atom. The number of likely N-dealkylation sites (N-methyl/N-ethyl adjacent to an activating group) is 1. The van der Waals surface area contributed by atoms with Gasteiger partial charge in [0.1, 0.15) is 24.4 Å². The molecule has 10 nitrogen and oxygen atoms in total. The van der Waals surface area contributed by atoms with Crippen molar-refractivity contribution in [2.75, 3.05) is 20.2 Å². The van der Waals surface area contributed by atoms with Crippen LogP contribution in [0.2, 0.25) is 0 Å². The van der Waals surface area contributed by atoms with Gasteiger partial charge in [-0.2, -0.15) is 0 Å². The number of benzene rings is 2. The summed E-state index contributed by atoms with van der Waals surface area (Å²) in [4.78, 5) is 2.13. The van der Waals surface area contributed by atoms with E-state index in [4.69, 9.17) is 9.47 Å². The normalized spacial score (nSPS) is 30.1. The predicted molar refractivity (Wildman–Crippen MR) is 115 cm³/mol. The van der Waals surface area contributed by atoms with E-state index in [1.54, 1.807) is 18.2 Å². The van der Waals surface area contributed by atoms with E-state index >= 15 is 0 Å². The molecule has 33 heavy (non-hydrogen) atoms. The molecular weight excluding hydrogens is 434 g/mol. The van der Waals surface area contributed by atoms with Crippen LogP contribution in [-0.4, -0.2) is 91.6 Å². The van der Waals surface area contributed by atoms with Gasteiger partial charge >= 0.3 is 0 Å².